The number of carbonyl (C=O) groups excluding carboxylic acids is 2. The van der Waals surface area contributed by atoms with E-state index in [9.17, 15) is 9.59 Å². The van der Waals surface area contributed by atoms with E-state index in [1.165, 1.54) is 11.3 Å². The second-order valence-electron chi connectivity index (χ2n) is 7.56. The molecule has 1 aliphatic heterocycles. The summed E-state index contributed by atoms with van der Waals surface area (Å²) in [5.74, 6) is -0.221. The van der Waals surface area contributed by atoms with Crippen molar-refractivity contribution in [1.82, 2.24) is 10.4 Å². The predicted molar refractivity (Wildman–Crippen MR) is 101 cm³/mol. The Morgan fingerprint density at radius 1 is 1.31 bits per heavy atom. The van der Waals surface area contributed by atoms with Crippen LogP contribution < -0.4 is 5.48 Å². The van der Waals surface area contributed by atoms with Gasteiger partial charge in [0.1, 0.15) is 0 Å². The summed E-state index contributed by atoms with van der Waals surface area (Å²) in [4.78, 5) is 28.1. The van der Waals surface area contributed by atoms with Gasteiger partial charge in [-0.3, -0.25) is 14.8 Å². The standard InChI is InChI=1S/C20H24N2O3S/c1-13(14-7-5-4-6-8-14)9-17(23)22-11-15-10-16(19(24)21-25)26-18(15)20(2,3)12-22/h4-8,10,13,25H,9,11-12H2,1-3H3,(H,21,24)/t13-/m0/s1. The molecule has 0 saturated heterocycles. The number of nitrogens with zero attached hydrogens (tertiary/aromatic N) is 1. The third kappa shape index (κ3) is 3.66. The summed E-state index contributed by atoms with van der Waals surface area (Å²) in [5.41, 5.74) is 3.62. The van der Waals surface area contributed by atoms with Gasteiger partial charge in [0.15, 0.2) is 0 Å². The molecule has 138 valence electrons. The molecule has 1 aromatic carbocycles. The highest BCUT2D eigenvalue weighted by Crippen LogP contribution is 2.39. The average Bonchev–Trinajstić information content (AvgIpc) is 3.06. The van der Waals surface area contributed by atoms with Gasteiger partial charge in [0.05, 0.1) is 4.88 Å². The molecule has 2 heterocycles. The maximum absolute atomic E-state index is 12.9. The van der Waals surface area contributed by atoms with Crippen molar-refractivity contribution >= 4 is 23.2 Å². The van der Waals surface area contributed by atoms with E-state index in [4.69, 9.17) is 5.21 Å². The van der Waals surface area contributed by atoms with Crippen LogP contribution in [-0.2, 0) is 16.8 Å². The Hall–Kier alpha value is -2.18. The first-order chi connectivity index (χ1) is 12.3. The van der Waals surface area contributed by atoms with Crippen LogP contribution >= 0.6 is 11.3 Å². The van der Waals surface area contributed by atoms with Crippen LogP contribution in [0.2, 0.25) is 0 Å². The zero-order valence-electron chi connectivity index (χ0n) is 15.3. The molecular formula is C20H24N2O3S. The summed E-state index contributed by atoms with van der Waals surface area (Å²) in [6.45, 7) is 7.38. The van der Waals surface area contributed by atoms with Crippen LogP contribution in [0.3, 0.4) is 0 Å². The topological polar surface area (TPSA) is 69.6 Å². The van der Waals surface area contributed by atoms with E-state index < -0.39 is 5.91 Å². The van der Waals surface area contributed by atoms with Gasteiger partial charge in [0, 0.05) is 29.8 Å². The molecule has 0 spiro atoms. The summed E-state index contributed by atoms with van der Waals surface area (Å²) < 4.78 is 0. The fourth-order valence-electron chi connectivity index (χ4n) is 3.56. The molecule has 0 radical (unpaired) electrons. The fourth-order valence-corrected chi connectivity index (χ4v) is 4.72. The van der Waals surface area contributed by atoms with Crippen LogP contribution in [0.15, 0.2) is 36.4 Å². The molecule has 0 aliphatic carbocycles. The number of fused-ring (bicyclic) bond motifs is 1. The summed E-state index contributed by atoms with van der Waals surface area (Å²) in [5, 5.41) is 8.87. The average molecular weight is 372 g/mol. The summed E-state index contributed by atoms with van der Waals surface area (Å²) in [7, 11) is 0. The molecule has 1 aliphatic rings. The Kier molecular flexibility index (Phi) is 5.16. The number of nitrogens with one attached hydrogen (secondary N) is 1. The van der Waals surface area contributed by atoms with Crippen LogP contribution in [0.1, 0.15) is 58.8 Å². The minimum atomic E-state index is -0.504. The minimum Gasteiger partial charge on any atom is -0.337 e. The molecule has 26 heavy (non-hydrogen) atoms. The quantitative estimate of drug-likeness (QED) is 0.635. The van der Waals surface area contributed by atoms with Crippen molar-refractivity contribution in [3.8, 4) is 0 Å². The van der Waals surface area contributed by atoms with E-state index in [1.54, 1.807) is 11.5 Å². The molecule has 1 atom stereocenters. The van der Waals surface area contributed by atoms with E-state index in [1.807, 2.05) is 23.1 Å². The Bertz CT molecular complexity index is 814. The fraction of sp³-hybridized carbons (Fsp3) is 0.400. The Balaban J connectivity index is 1.77. The zero-order valence-corrected chi connectivity index (χ0v) is 16.1. The van der Waals surface area contributed by atoms with E-state index in [2.05, 4.69) is 32.9 Å². The maximum atomic E-state index is 12.9. The largest absolute Gasteiger partial charge is 0.337 e. The Morgan fingerprint density at radius 3 is 2.65 bits per heavy atom. The molecule has 3 rings (SSSR count). The van der Waals surface area contributed by atoms with Gasteiger partial charge in [-0.25, -0.2) is 5.48 Å². The Morgan fingerprint density at radius 2 is 2.00 bits per heavy atom. The van der Waals surface area contributed by atoms with E-state index in [-0.39, 0.29) is 17.2 Å². The van der Waals surface area contributed by atoms with Crippen molar-refractivity contribution < 1.29 is 14.8 Å². The highest BCUT2D eigenvalue weighted by atomic mass is 32.1. The molecule has 2 amide bonds. The number of hydrogen-bond acceptors (Lipinski definition) is 4. The van der Waals surface area contributed by atoms with Gasteiger partial charge in [0.2, 0.25) is 5.91 Å². The number of benzene rings is 1. The van der Waals surface area contributed by atoms with Crippen molar-refractivity contribution in [3.05, 3.63) is 57.3 Å². The summed E-state index contributed by atoms with van der Waals surface area (Å²) >= 11 is 1.39. The highest BCUT2D eigenvalue weighted by molar-refractivity contribution is 7.14. The Labute approximate surface area is 157 Å². The van der Waals surface area contributed by atoms with Gasteiger partial charge in [-0.05, 0) is 23.1 Å². The monoisotopic (exact) mass is 372 g/mol. The van der Waals surface area contributed by atoms with Gasteiger partial charge < -0.3 is 4.90 Å². The van der Waals surface area contributed by atoms with E-state index in [0.717, 1.165) is 16.0 Å². The van der Waals surface area contributed by atoms with Gasteiger partial charge in [0.25, 0.3) is 5.91 Å². The lowest BCUT2D eigenvalue weighted by Gasteiger charge is -2.38. The SMILES string of the molecule is C[C@@H](CC(=O)N1Cc2cc(C(=O)NO)sc2C(C)(C)C1)c1ccccc1. The number of thiophene rings is 1. The molecule has 2 aromatic rings. The van der Waals surface area contributed by atoms with Crippen molar-refractivity contribution in [2.24, 2.45) is 0 Å². The molecular weight excluding hydrogens is 348 g/mol. The zero-order chi connectivity index (χ0) is 18.9. The molecule has 0 fully saturated rings. The molecule has 6 heteroatoms. The van der Waals surface area contributed by atoms with Crippen LogP contribution in [0, 0.1) is 0 Å². The first-order valence-electron chi connectivity index (χ1n) is 8.72. The minimum absolute atomic E-state index is 0.124. The summed E-state index contributed by atoms with van der Waals surface area (Å²) in [6, 6.07) is 11.8. The van der Waals surface area contributed by atoms with Crippen molar-refractivity contribution in [2.75, 3.05) is 6.54 Å². The molecule has 1 aromatic heterocycles. The van der Waals surface area contributed by atoms with Gasteiger partial charge >= 0.3 is 0 Å². The van der Waals surface area contributed by atoms with Gasteiger partial charge in [-0.1, -0.05) is 51.1 Å². The first kappa shape index (κ1) is 18.6. The second kappa shape index (κ2) is 7.21. The predicted octanol–water partition coefficient (Wildman–Crippen LogP) is 3.68. The second-order valence-corrected chi connectivity index (χ2v) is 8.61. The van der Waals surface area contributed by atoms with Crippen molar-refractivity contribution in [1.29, 1.82) is 0 Å². The number of hydroxylamine groups is 1. The summed E-state index contributed by atoms with van der Waals surface area (Å²) in [6.07, 6.45) is 0.462. The van der Waals surface area contributed by atoms with Crippen LogP contribution in [0.5, 0.6) is 0 Å². The normalized spacial score (nSPS) is 16.7. The van der Waals surface area contributed by atoms with E-state index >= 15 is 0 Å². The molecule has 5 nitrogen and oxygen atoms in total. The number of rotatable bonds is 4. The lowest BCUT2D eigenvalue weighted by Crippen LogP contribution is -2.44. The molecule has 2 N–H and O–H groups in total. The van der Waals surface area contributed by atoms with Crippen molar-refractivity contribution in [2.45, 2.75) is 45.1 Å². The van der Waals surface area contributed by atoms with Crippen LogP contribution in [0.25, 0.3) is 0 Å². The van der Waals surface area contributed by atoms with Crippen molar-refractivity contribution in [3.63, 3.8) is 0 Å². The van der Waals surface area contributed by atoms with Gasteiger partial charge in [-0.15, -0.1) is 11.3 Å². The number of hydrogen-bond donors (Lipinski definition) is 2. The highest BCUT2D eigenvalue weighted by Gasteiger charge is 2.36. The third-order valence-corrected chi connectivity index (χ3v) is 6.44. The van der Waals surface area contributed by atoms with E-state index in [0.29, 0.717) is 24.4 Å². The van der Waals surface area contributed by atoms with Crippen LogP contribution in [0.4, 0.5) is 0 Å². The first-order valence-corrected chi connectivity index (χ1v) is 9.54. The smallest absolute Gasteiger partial charge is 0.284 e. The van der Waals surface area contributed by atoms with Gasteiger partial charge in [-0.2, -0.15) is 0 Å². The molecule has 0 bridgehead atoms. The lowest BCUT2D eigenvalue weighted by molar-refractivity contribution is -0.133. The van der Waals surface area contributed by atoms with Crippen LogP contribution in [-0.4, -0.2) is 28.5 Å². The third-order valence-electron chi connectivity index (χ3n) is 4.90. The molecule has 0 saturated carbocycles. The maximum Gasteiger partial charge on any atom is 0.284 e. The number of carbonyl (C=O) groups is 2. The molecule has 0 unspecified atom stereocenters. The number of amides is 2. The lowest BCUT2D eigenvalue weighted by atomic mass is 9.84.